The van der Waals surface area contributed by atoms with Crippen molar-refractivity contribution in [2.75, 3.05) is 27.4 Å². The van der Waals surface area contributed by atoms with E-state index in [1.807, 2.05) is 6.92 Å². The molecule has 0 saturated carbocycles. The number of methoxy groups -OCH3 is 2. The molecule has 1 rings (SSSR count). The number of rotatable bonds is 7. The highest BCUT2D eigenvalue weighted by atomic mass is 16.7. The van der Waals surface area contributed by atoms with Gasteiger partial charge in [0.25, 0.3) is 0 Å². The number of carbonyl (C=O) groups excluding carboxylic acids is 1. The zero-order chi connectivity index (χ0) is 12.7. The average Bonchev–Trinajstić information content (AvgIpc) is 2.83. The fourth-order valence-electron chi connectivity index (χ4n) is 1.16. The van der Waals surface area contributed by atoms with Crippen molar-refractivity contribution < 1.29 is 23.5 Å². The fourth-order valence-corrected chi connectivity index (χ4v) is 1.16. The predicted molar refractivity (Wildman–Crippen MR) is 59.4 cm³/mol. The Balaban J connectivity index is 2.43. The summed E-state index contributed by atoms with van der Waals surface area (Å²) in [7, 11) is 2.90. The lowest BCUT2D eigenvalue weighted by Crippen LogP contribution is -2.21. The maximum absolute atomic E-state index is 11.2. The minimum Gasteiger partial charge on any atom is -0.463 e. The van der Waals surface area contributed by atoms with Gasteiger partial charge in [0, 0.05) is 7.11 Å². The predicted octanol–water partition coefficient (Wildman–Crippen LogP) is 1.29. The first-order chi connectivity index (χ1) is 8.19. The highest BCUT2D eigenvalue weighted by Gasteiger charge is 2.15. The molecule has 1 unspecified atom stereocenters. The highest BCUT2D eigenvalue weighted by Crippen LogP contribution is 2.16. The Bertz CT molecular complexity index is 349. The topological polar surface area (TPSA) is 69.9 Å². The lowest BCUT2D eigenvalue weighted by molar-refractivity contribution is -0.0128. The first-order valence-corrected chi connectivity index (χ1v) is 5.23. The molecule has 96 valence electrons. The molecule has 0 bridgehead atoms. The summed E-state index contributed by atoms with van der Waals surface area (Å²) in [6, 6.07) is 3.10. The molecule has 1 aromatic rings. The first-order valence-electron chi connectivity index (χ1n) is 5.23. The van der Waals surface area contributed by atoms with Gasteiger partial charge in [-0.05, 0) is 19.1 Å². The van der Waals surface area contributed by atoms with Gasteiger partial charge in [-0.2, -0.15) is 5.48 Å². The molecule has 17 heavy (non-hydrogen) atoms. The third kappa shape index (κ3) is 4.18. The van der Waals surface area contributed by atoms with Crippen LogP contribution in [0.5, 0.6) is 0 Å². The summed E-state index contributed by atoms with van der Waals surface area (Å²) in [5.74, 6) is 0.277. The van der Waals surface area contributed by atoms with Gasteiger partial charge in [-0.25, -0.2) is 4.79 Å². The third-order valence-electron chi connectivity index (χ3n) is 2.09. The standard InChI is InChI=1S/C11H17NO5/c1-8(12-16-7-6-14-2)9-4-5-10(17-9)11(13)15-3/h4-5,8,12H,6-7H2,1-3H3. The summed E-state index contributed by atoms with van der Waals surface area (Å²) in [5, 5.41) is 0. The van der Waals surface area contributed by atoms with Crippen LogP contribution in [0.15, 0.2) is 16.5 Å². The zero-order valence-electron chi connectivity index (χ0n) is 10.2. The lowest BCUT2D eigenvalue weighted by atomic mass is 10.3. The molecule has 0 saturated heterocycles. The minimum absolute atomic E-state index is 0.162. The summed E-state index contributed by atoms with van der Waals surface area (Å²) in [4.78, 5) is 16.3. The molecular weight excluding hydrogens is 226 g/mol. The van der Waals surface area contributed by atoms with Crippen molar-refractivity contribution in [3.05, 3.63) is 23.7 Å². The molecule has 1 atom stereocenters. The van der Waals surface area contributed by atoms with E-state index in [0.717, 1.165) is 0 Å². The SMILES string of the molecule is COCCONC(C)c1ccc(C(=O)OC)o1. The maximum atomic E-state index is 11.2. The Hall–Kier alpha value is -1.37. The molecule has 0 aliphatic heterocycles. The van der Waals surface area contributed by atoms with Crippen LogP contribution in [0.3, 0.4) is 0 Å². The van der Waals surface area contributed by atoms with Crippen molar-refractivity contribution in [2.24, 2.45) is 0 Å². The summed E-state index contributed by atoms with van der Waals surface area (Å²) in [6.07, 6.45) is 0. The van der Waals surface area contributed by atoms with Gasteiger partial charge in [-0.3, -0.25) is 4.84 Å². The second kappa shape index (κ2) is 7.05. The van der Waals surface area contributed by atoms with Crippen molar-refractivity contribution in [3.63, 3.8) is 0 Å². The van der Waals surface area contributed by atoms with Crippen LogP contribution in [0.1, 0.15) is 29.3 Å². The molecule has 0 radical (unpaired) electrons. The largest absolute Gasteiger partial charge is 0.463 e. The first kappa shape index (κ1) is 13.7. The lowest BCUT2D eigenvalue weighted by Gasteiger charge is -2.10. The van der Waals surface area contributed by atoms with Crippen LogP contribution in [0.2, 0.25) is 0 Å². The van der Waals surface area contributed by atoms with Gasteiger partial charge in [-0.1, -0.05) is 0 Å². The summed E-state index contributed by atoms with van der Waals surface area (Å²) >= 11 is 0. The third-order valence-corrected chi connectivity index (χ3v) is 2.09. The molecule has 6 nitrogen and oxygen atoms in total. The van der Waals surface area contributed by atoms with Gasteiger partial charge in [-0.15, -0.1) is 0 Å². The Morgan fingerprint density at radius 2 is 2.18 bits per heavy atom. The second-order valence-corrected chi connectivity index (χ2v) is 3.37. The van der Waals surface area contributed by atoms with E-state index in [1.165, 1.54) is 7.11 Å². The van der Waals surface area contributed by atoms with Gasteiger partial charge in [0.1, 0.15) is 5.76 Å². The average molecular weight is 243 g/mol. The van der Waals surface area contributed by atoms with Gasteiger partial charge in [0.2, 0.25) is 5.76 Å². The van der Waals surface area contributed by atoms with Crippen molar-refractivity contribution in [2.45, 2.75) is 13.0 Å². The van der Waals surface area contributed by atoms with Crippen LogP contribution >= 0.6 is 0 Å². The van der Waals surface area contributed by atoms with Crippen molar-refractivity contribution in [1.82, 2.24) is 5.48 Å². The van der Waals surface area contributed by atoms with Gasteiger partial charge in [0.15, 0.2) is 0 Å². The summed E-state index contributed by atoms with van der Waals surface area (Å²) < 4.78 is 14.7. The van der Waals surface area contributed by atoms with Crippen LogP contribution < -0.4 is 5.48 Å². The number of hydrogen-bond acceptors (Lipinski definition) is 6. The van der Waals surface area contributed by atoms with Crippen LogP contribution in [0.4, 0.5) is 0 Å². The molecule has 0 amide bonds. The van der Waals surface area contributed by atoms with E-state index in [0.29, 0.717) is 19.0 Å². The maximum Gasteiger partial charge on any atom is 0.373 e. The van der Waals surface area contributed by atoms with E-state index in [4.69, 9.17) is 14.0 Å². The number of esters is 1. The second-order valence-electron chi connectivity index (χ2n) is 3.37. The van der Waals surface area contributed by atoms with E-state index in [-0.39, 0.29) is 11.8 Å². The van der Waals surface area contributed by atoms with E-state index in [2.05, 4.69) is 10.2 Å². The molecular formula is C11H17NO5. The smallest absolute Gasteiger partial charge is 0.373 e. The van der Waals surface area contributed by atoms with Gasteiger partial charge >= 0.3 is 5.97 Å². The van der Waals surface area contributed by atoms with E-state index < -0.39 is 5.97 Å². The van der Waals surface area contributed by atoms with Crippen molar-refractivity contribution in [3.8, 4) is 0 Å². The van der Waals surface area contributed by atoms with Crippen LogP contribution in [0, 0.1) is 0 Å². The number of carbonyl (C=O) groups is 1. The molecule has 0 aromatic carbocycles. The summed E-state index contributed by atoms with van der Waals surface area (Å²) in [5.41, 5.74) is 2.78. The number of furan rings is 1. The molecule has 0 aliphatic carbocycles. The minimum atomic E-state index is -0.497. The normalized spacial score (nSPS) is 12.4. The fraction of sp³-hybridized carbons (Fsp3) is 0.545. The molecule has 1 aromatic heterocycles. The quantitative estimate of drug-likeness (QED) is 0.442. The number of hydrogen-bond donors (Lipinski definition) is 1. The van der Waals surface area contributed by atoms with Gasteiger partial charge < -0.3 is 13.9 Å². The Morgan fingerprint density at radius 1 is 1.41 bits per heavy atom. The highest BCUT2D eigenvalue weighted by molar-refractivity contribution is 5.86. The number of nitrogens with one attached hydrogen (secondary N) is 1. The Morgan fingerprint density at radius 3 is 2.82 bits per heavy atom. The van der Waals surface area contributed by atoms with Gasteiger partial charge in [0.05, 0.1) is 26.4 Å². The monoisotopic (exact) mass is 243 g/mol. The molecule has 6 heteroatoms. The summed E-state index contributed by atoms with van der Waals surface area (Å²) in [6.45, 7) is 2.80. The van der Waals surface area contributed by atoms with Crippen molar-refractivity contribution >= 4 is 5.97 Å². The van der Waals surface area contributed by atoms with Crippen LogP contribution in [0.25, 0.3) is 0 Å². The van der Waals surface area contributed by atoms with Crippen molar-refractivity contribution in [1.29, 1.82) is 0 Å². The van der Waals surface area contributed by atoms with E-state index >= 15 is 0 Å². The molecule has 0 aliphatic rings. The Labute approximate surface area is 99.8 Å². The number of ether oxygens (including phenoxy) is 2. The number of hydroxylamine groups is 1. The Kier molecular flexibility index (Phi) is 5.68. The van der Waals surface area contributed by atoms with E-state index in [1.54, 1.807) is 19.2 Å². The van der Waals surface area contributed by atoms with E-state index in [9.17, 15) is 4.79 Å². The van der Waals surface area contributed by atoms with Crippen LogP contribution in [-0.4, -0.2) is 33.4 Å². The molecule has 0 fully saturated rings. The van der Waals surface area contributed by atoms with Crippen LogP contribution in [-0.2, 0) is 14.3 Å². The molecule has 0 spiro atoms. The molecule has 1 N–H and O–H groups in total. The molecule has 1 heterocycles. The zero-order valence-corrected chi connectivity index (χ0v) is 10.2.